The molecule has 1 aromatic heterocycles. The van der Waals surface area contributed by atoms with Crippen LogP contribution in [0.4, 0.5) is 5.69 Å². The lowest BCUT2D eigenvalue weighted by Crippen LogP contribution is -2.21. The molecule has 0 saturated carbocycles. The van der Waals surface area contributed by atoms with Crippen LogP contribution in [0.2, 0.25) is 0 Å². The molecule has 0 bridgehead atoms. The van der Waals surface area contributed by atoms with Gasteiger partial charge in [0.2, 0.25) is 5.91 Å². The van der Waals surface area contributed by atoms with Crippen LogP contribution in [0.5, 0.6) is 5.75 Å². The molecule has 7 nitrogen and oxygen atoms in total. The molecule has 0 atom stereocenters. The van der Waals surface area contributed by atoms with Crippen molar-refractivity contribution in [1.29, 1.82) is 0 Å². The van der Waals surface area contributed by atoms with Gasteiger partial charge < -0.3 is 19.2 Å². The van der Waals surface area contributed by atoms with E-state index in [9.17, 15) is 14.4 Å². The molecule has 0 unspecified atom stereocenters. The number of carbonyl (C=O) groups excluding carboxylic acids is 2. The summed E-state index contributed by atoms with van der Waals surface area (Å²) in [6, 6.07) is 9.91. The number of methoxy groups -OCH3 is 1. The van der Waals surface area contributed by atoms with Crippen LogP contribution in [0.25, 0.3) is 11.0 Å². The van der Waals surface area contributed by atoms with Crippen LogP contribution in [0.1, 0.15) is 34.0 Å². The quantitative estimate of drug-likeness (QED) is 0.337. The predicted molar refractivity (Wildman–Crippen MR) is 122 cm³/mol. The molecule has 2 aromatic carbocycles. The molecule has 0 aliphatic carbocycles. The Morgan fingerprint density at radius 3 is 2.44 bits per heavy atom. The first-order chi connectivity index (χ1) is 15.2. The summed E-state index contributed by atoms with van der Waals surface area (Å²) in [5.41, 5.74) is 3.33. The van der Waals surface area contributed by atoms with Crippen molar-refractivity contribution < 1.29 is 23.5 Å². The lowest BCUT2D eigenvalue weighted by molar-refractivity contribution is -0.115. The van der Waals surface area contributed by atoms with Crippen molar-refractivity contribution in [3.8, 4) is 5.75 Å². The Hall–Kier alpha value is -3.87. The maximum Gasteiger partial charge on any atom is 0.340 e. The maximum atomic E-state index is 12.6. The van der Waals surface area contributed by atoms with Crippen molar-refractivity contribution in [2.24, 2.45) is 0 Å². The zero-order valence-corrected chi connectivity index (χ0v) is 18.5. The minimum atomic E-state index is -0.567. The van der Waals surface area contributed by atoms with Crippen molar-refractivity contribution in [3.05, 3.63) is 81.2 Å². The predicted octanol–water partition coefficient (Wildman–Crippen LogP) is 4.33. The molecule has 3 aromatic rings. The molecule has 0 spiro atoms. The summed E-state index contributed by atoms with van der Waals surface area (Å²) in [6.07, 6.45) is -0.170. The Balaban J connectivity index is 1.89. The van der Waals surface area contributed by atoms with Gasteiger partial charge >= 0.3 is 11.6 Å². The number of hydrogen-bond donors (Lipinski definition) is 1. The first-order valence-electron chi connectivity index (χ1n) is 10.0. The van der Waals surface area contributed by atoms with E-state index in [-0.39, 0.29) is 17.9 Å². The standard InChI is InChI=1S/C25H25NO6/c1-14(2)13-31-20-10-15(3)11-21-23(20)16(4)19(25(29)32-21)12-22(27)26-18-8-6-17(7-9-18)24(28)30-5/h6-11H,1,12-13H2,2-5H3,(H,26,27). The molecule has 7 heteroatoms. The molecule has 1 heterocycles. The molecule has 0 aliphatic heterocycles. The normalized spacial score (nSPS) is 10.6. The van der Waals surface area contributed by atoms with Gasteiger partial charge in [0.1, 0.15) is 17.9 Å². The van der Waals surface area contributed by atoms with Gasteiger partial charge in [-0.3, -0.25) is 4.79 Å². The number of nitrogens with one attached hydrogen (secondary N) is 1. The van der Waals surface area contributed by atoms with Crippen molar-refractivity contribution in [3.63, 3.8) is 0 Å². The molecule has 3 rings (SSSR count). The van der Waals surface area contributed by atoms with Gasteiger partial charge in [-0.1, -0.05) is 6.58 Å². The molecule has 166 valence electrons. The number of anilines is 1. The van der Waals surface area contributed by atoms with E-state index in [4.69, 9.17) is 9.15 Å². The van der Waals surface area contributed by atoms with Crippen molar-refractivity contribution in [2.45, 2.75) is 27.2 Å². The van der Waals surface area contributed by atoms with Crippen LogP contribution in [0.3, 0.4) is 0 Å². The van der Waals surface area contributed by atoms with Gasteiger partial charge in [-0.05, 0) is 73.9 Å². The largest absolute Gasteiger partial charge is 0.488 e. The molecule has 1 amide bonds. The molecule has 0 aliphatic rings. The topological polar surface area (TPSA) is 94.8 Å². The van der Waals surface area contributed by atoms with E-state index < -0.39 is 11.6 Å². The van der Waals surface area contributed by atoms with Crippen LogP contribution >= 0.6 is 0 Å². The Kier molecular flexibility index (Phi) is 6.78. The summed E-state index contributed by atoms with van der Waals surface area (Å²) in [5, 5.41) is 3.38. The first-order valence-corrected chi connectivity index (χ1v) is 10.0. The monoisotopic (exact) mass is 435 g/mol. The molecule has 0 fully saturated rings. The Labute approximate surface area is 185 Å². The average molecular weight is 435 g/mol. The Bertz CT molecular complexity index is 1250. The zero-order valence-electron chi connectivity index (χ0n) is 18.5. The van der Waals surface area contributed by atoms with Gasteiger partial charge in [0.15, 0.2) is 0 Å². The fraction of sp³-hybridized carbons (Fsp3) is 0.240. The van der Waals surface area contributed by atoms with E-state index in [2.05, 4.69) is 16.6 Å². The highest BCUT2D eigenvalue weighted by Gasteiger charge is 2.18. The van der Waals surface area contributed by atoms with Gasteiger partial charge in [-0.2, -0.15) is 0 Å². The fourth-order valence-electron chi connectivity index (χ4n) is 3.33. The second-order valence-electron chi connectivity index (χ2n) is 7.67. The van der Waals surface area contributed by atoms with E-state index >= 15 is 0 Å². The van der Waals surface area contributed by atoms with E-state index in [0.29, 0.717) is 40.1 Å². The maximum absolute atomic E-state index is 12.6. The van der Waals surface area contributed by atoms with Gasteiger partial charge in [-0.15, -0.1) is 0 Å². The smallest absolute Gasteiger partial charge is 0.340 e. The van der Waals surface area contributed by atoms with Crippen LogP contribution < -0.4 is 15.7 Å². The summed E-state index contributed by atoms with van der Waals surface area (Å²) < 4.78 is 16.1. The third-order valence-corrected chi connectivity index (χ3v) is 4.89. The number of carbonyl (C=O) groups is 2. The molecule has 1 N–H and O–H groups in total. The van der Waals surface area contributed by atoms with Gasteiger partial charge in [-0.25, -0.2) is 9.59 Å². The second-order valence-corrected chi connectivity index (χ2v) is 7.67. The van der Waals surface area contributed by atoms with Gasteiger partial charge in [0.05, 0.1) is 30.0 Å². The number of rotatable bonds is 7. The van der Waals surface area contributed by atoms with Crippen LogP contribution in [-0.2, 0) is 16.0 Å². The lowest BCUT2D eigenvalue weighted by Gasteiger charge is -2.14. The number of aryl methyl sites for hydroxylation is 2. The minimum absolute atomic E-state index is 0.170. The van der Waals surface area contributed by atoms with Crippen molar-refractivity contribution in [1.82, 2.24) is 0 Å². The summed E-state index contributed by atoms with van der Waals surface area (Å²) >= 11 is 0. The van der Waals surface area contributed by atoms with Crippen LogP contribution in [0, 0.1) is 13.8 Å². The summed E-state index contributed by atoms with van der Waals surface area (Å²) in [7, 11) is 1.30. The first kappa shape index (κ1) is 22.8. The molecular formula is C25H25NO6. The minimum Gasteiger partial charge on any atom is -0.488 e. The number of fused-ring (bicyclic) bond motifs is 1. The average Bonchev–Trinajstić information content (AvgIpc) is 2.74. The Morgan fingerprint density at radius 1 is 1.12 bits per heavy atom. The lowest BCUT2D eigenvalue weighted by atomic mass is 10.0. The number of benzene rings is 2. The van der Waals surface area contributed by atoms with E-state index in [1.807, 2.05) is 19.9 Å². The summed E-state index contributed by atoms with van der Waals surface area (Å²) in [5.74, 6) is -0.279. The number of hydrogen-bond acceptors (Lipinski definition) is 6. The van der Waals surface area contributed by atoms with Crippen molar-refractivity contribution in [2.75, 3.05) is 19.0 Å². The van der Waals surface area contributed by atoms with E-state index in [1.54, 1.807) is 37.3 Å². The third-order valence-electron chi connectivity index (χ3n) is 4.89. The third kappa shape index (κ3) is 5.06. The second kappa shape index (κ2) is 9.51. The van der Waals surface area contributed by atoms with Gasteiger partial charge in [0, 0.05) is 5.69 Å². The van der Waals surface area contributed by atoms with Crippen LogP contribution in [0.15, 0.2) is 57.8 Å². The highest BCUT2D eigenvalue weighted by atomic mass is 16.5. The molecule has 0 radical (unpaired) electrons. The molecule has 0 saturated heterocycles. The SMILES string of the molecule is C=C(C)COc1cc(C)cc2oc(=O)c(CC(=O)Nc3ccc(C(=O)OC)cc3)c(C)c12. The summed E-state index contributed by atoms with van der Waals surface area (Å²) in [4.78, 5) is 36.8. The Morgan fingerprint density at radius 2 is 1.81 bits per heavy atom. The highest BCUT2D eigenvalue weighted by Crippen LogP contribution is 2.31. The summed E-state index contributed by atoms with van der Waals surface area (Å²) in [6.45, 7) is 9.69. The highest BCUT2D eigenvalue weighted by molar-refractivity contribution is 5.95. The molecular weight excluding hydrogens is 410 g/mol. The number of esters is 1. The van der Waals surface area contributed by atoms with E-state index in [1.165, 1.54) is 7.11 Å². The number of ether oxygens (including phenoxy) is 2. The van der Waals surface area contributed by atoms with E-state index in [0.717, 1.165) is 11.1 Å². The molecule has 32 heavy (non-hydrogen) atoms. The van der Waals surface area contributed by atoms with Gasteiger partial charge in [0.25, 0.3) is 0 Å². The van der Waals surface area contributed by atoms with Crippen molar-refractivity contribution >= 4 is 28.5 Å². The zero-order chi connectivity index (χ0) is 23.4. The fourth-order valence-corrected chi connectivity index (χ4v) is 3.33. The van der Waals surface area contributed by atoms with Crippen LogP contribution in [-0.4, -0.2) is 25.6 Å². The number of amides is 1.